The number of nitrogens with one attached hydrogen (secondary N) is 1. The molecule has 0 radical (unpaired) electrons. The van der Waals surface area contributed by atoms with Crippen molar-refractivity contribution < 1.29 is 0 Å². The summed E-state index contributed by atoms with van der Waals surface area (Å²) >= 11 is 0. The number of benzene rings is 4. The monoisotopic (exact) mass is 281 g/mol. The van der Waals surface area contributed by atoms with Gasteiger partial charge in [0.25, 0.3) is 0 Å². The number of aryl methyl sites for hydroxylation is 1. The second-order valence-corrected chi connectivity index (χ2v) is 5.96. The predicted octanol–water partition coefficient (Wildman–Crippen LogP) is 5.94. The van der Waals surface area contributed by atoms with Crippen LogP contribution in [0, 0.1) is 6.92 Å². The van der Waals surface area contributed by atoms with Crippen molar-refractivity contribution in [2.24, 2.45) is 0 Å². The molecule has 0 unspecified atom stereocenters. The fourth-order valence-corrected chi connectivity index (χ4v) is 3.76. The van der Waals surface area contributed by atoms with Gasteiger partial charge in [-0.3, -0.25) is 0 Å². The number of fused-ring (bicyclic) bond motifs is 8. The predicted molar refractivity (Wildman–Crippen MR) is 95.6 cm³/mol. The van der Waals surface area contributed by atoms with Crippen LogP contribution in [0.1, 0.15) is 5.56 Å². The molecule has 0 bridgehead atoms. The van der Waals surface area contributed by atoms with E-state index in [-0.39, 0.29) is 0 Å². The van der Waals surface area contributed by atoms with Crippen LogP contribution >= 0.6 is 0 Å². The average molecular weight is 281 g/mol. The molecule has 1 heteroatoms. The van der Waals surface area contributed by atoms with Gasteiger partial charge in [-0.05, 0) is 34.7 Å². The maximum absolute atomic E-state index is 3.64. The van der Waals surface area contributed by atoms with E-state index in [1.165, 1.54) is 48.9 Å². The van der Waals surface area contributed by atoms with Crippen LogP contribution < -0.4 is 0 Å². The van der Waals surface area contributed by atoms with Gasteiger partial charge in [0.05, 0.1) is 5.52 Å². The van der Waals surface area contributed by atoms with E-state index in [0.717, 1.165) is 0 Å². The topological polar surface area (TPSA) is 15.8 Å². The standard InChI is InChI=1S/C21H15N/c1-13-7-6-11-15-14-8-2-3-9-16(14)21-20(19(13)15)17-10-4-5-12-18(17)22-21/h2-12,22H,1H3. The lowest BCUT2D eigenvalue weighted by Crippen LogP contribution is -1.84. The van der Waals surface area contributed by atoms with E-state index in [9.17, 15) is 0 Å². The first-order chi connectivity index (χ1) is 10.8. The van der Waals surface area contributed by atoms with Crippen molar-refractivity contribution in [3.8, 4) is 0 Å². The zero-order valence-corrected chi connectivity index (χ0v) is 12.4. The molecular formula is C21H15N. The molecule has 0 aliphatic rings. The van der Waals surface area contributed by atoms with Crippen molar-refractivity contribution in [3.63, 3.8) is 0 Å². The Balaban J connectivity index is 2.27. The molecule has 0 spiro atoms. The summed E-state index contributed by atoms with van der Waals surface area (Å²) in [5.74, 6) is 0. The van der Waals surface area contributed by atoms with Crippen molar-refractivity contribution in [1.29, 1.82) is 0 Å². The second kappa shape index (κ2) is 4.11. The van der Waals surface area contributed by atoms with Crippen LogP contribution in [0.3, 0.4) is 0 Å². The fourth-order valence-electron chi connectivity index (χ4n) is 3.76. The van der Waals surface area contributed by atoms with Gasteiger partial charge in [-0.25, -0.2) is 0 Å². The maximum Gasteiger partial charge on any atom is 0.0551 e. The lowest BCUT2D eigenvalue weighted by Gasteiger charge is -2.09. The molecular weight excluding hydrogens is 266 g/mol. The summed E-state index contributed by atoms with van der Waals surface area (Å²) in [7, 11) is 0. The minimum absolute atomic E-state index is 1.21. The zero-order valence-electron chi connectivity index (χ0n) is 12.4. The van der Waals surface area contributed by atoms with E-state index in [2.05, 4.69) is 78.6 Å². The highest BCUT2D eigenvalue weighted by Crippen LogP contribution is 2.39. The Bertz CT molecular complexity index is 1180. The Morgan fingerprint density at radius 3 is 2.14 bits per heavy atom. The Morgan fingerprint density at radius 2 is 1.27 bits per heavy atom. The quantitative estimate of drug-likeness (QED) is 0.338. The van der Waals surface area contributed by atoms with Gasteiger partial charge in [0.2, 0.25) is 0 Å². The number of H-pyrrole nitrogens is 1. The van der Waals surface area contributed by atoms with Crippen molar-refractivity contribution in [2.75, 3.05) is 0 Å². The summed E-state index contributed by atoms with van der Waals surface area (Å²) in [5.41, 5.74) is 3.79. The molecule has 0 saturated carbocycles. The number of para-hydroxylation sites is 1. The first kappa shape index (κ1) is 11.8. The van der Waals surface area contributed by atoms with Crippen LogP contribution in [-0.2, 0) is 0 Å². The van der Waals surface area contributed by atoms with Gasteiger partial charge < -0.3 is 4.98 Å². The maximum atomic E-state index is 3.64. The minimum atomic E-state index is 1.21. The Kier molecular flexibility index (Phi) is 2.21. The molecule has 1 aromatic heterocycles. The molecule has 0 aliphatic carbocycles. The lowest BCUT2D eigenvalue weighted by molar-refractivity contribution is 1.54. The highest BCUT2D eigenvalue weighted by Gasteiger charge is 2.14. The summed E-state index contributed by atoms with van der Waals surface area (Å²) in [4.78, 5) is 3.64. The number of rotatable bonds is 0. The molecule has 4 aromatic carbocycles. The van der Waals surface area contributed by atoms with E-state index in [0.29, 0.717) is 0 Å². The largest absolute Gasteiger partial charge is 0.354 e. The van der Waals surface area contributed by atoms with Crippen LogP contribution in [0.5, 0.6) is 0 Å². The van der Waals surface area contributed by atoms with Gasteiger partial charge in [0, 0.05) is 21.7 Å². The molecule has 1 N–H and O–H groups in total. The smallest absolute Gasteiger partial charge is 0.0551 e. The van der Waals surface area contributed by atoms with Crippen LogP contribution in [0.15, 0.2) is 66.7 Å². The van der Waals surface area contributed by atoms with Gasteiger partial charge in [0.15, 0.2) is 0 Å². The molecule has 5 aromatic rings. The van der Waals surface area contributed by atoms with E-state index < -0.39 is 0 Å². The highest BCUT2D eigenvalue weighted by atomic mass is 14.7. The van der Waals surface area contributed by atoms with Crippen molar-refractivity contribution in [1.82, 2.24) is 4.98 Å². The average Bonchev–Trinajstić information content (AvgIpc) is 2.95. The van der Waals surface area contributed by atoms with Gasteiger partial charge in [0.1, 0.15) is 0 Å². The highest BCUT2D eigenvalue weighted by molar-refractivity contribution is 6.31. The van der Waals surface area contributed by atoms with Gasteiger partial charge in [-0.1, -0.05) is 60.7 Å². The summed E-state index contributed by atoms with van der Waals surface area (Å²) in [6.45, 7) is 2.21. The molecule has 0 saturated heterocycles. The number of aromatic amines is 1. The van der Waals surface area contributed by atoms with Crippen LogP contribution in [-0.4, -0.2) is 4.98 Å². The zero-order chi connectivity index (χ0) is 14.7. The van der Waals surface area contributed by atoms with E-state index in [1.54, 1.807) is 0 Å². The number of hydrogen-bond donors (Lipinski definition) is 1. The first-order valence-electron chi connectivity index (χ1n) is 7.65. The summed E-state index contributed by atoms with van der Waals surface area (Å²) in [6, 6.07) is 23.9. The molecule has 0 atom stereocenters. The molecule has 104 valence electrons. The summed E-state index contributed by atoms with van der Waals surface area (Å²) in [5, 5.41) is 7.98. The second-order valence-electron chi connectivity index (χ2n) is 5.96. The number of aromatic nitrogens is 1. The Morgan fingerprint density at radius 1 is 0.591 bits per heavy atom. The van der Waals surface area contributed by atoms with Crippen LogP contribution in [0.25, 0.3) is 43.4 Å². The number of hydrogen-bond acceptors (Lipinski definition) is 0. The molecule has 0 amide bonds. The SMILES string of the molecule is Cc1cccc2c3ccccc3c3[nH]c4ccccc4c3c12. The molecule has 5 rings (SSSR count). The van der Waals surface area contributed by atoms with E-state index >= 15 is 0 Å². The third-order valence-electron chi connectivity index (χ3n) is 4.72. The lowest BCUT2D eigenvalue weighted by atomic mass is 9.94. The molecule has 1 nitrogen and oxygen atoms in total. The minimum Gasteiger partial charge on any atom is -0.354 e. The Labute approximate surface area is 128 Å². The molecule has 1 heterocycles. The van der Waals surface area contributed by atoms with E-state index in [4.69, 9.17) is 0 Å². The summed E-state index contributed by atoms with van der Waals surface area (Å²) < 4.78 is 0. The molecule has 22 heavy (non-hydrogen) atoms. The van der Waals surface area contributed by atoms with Crippen molar-refractivity contribution >= 4 is 43.4 Å². The van der Waals surface area contributed by atoms with Crippen molar-refractivity contribution in [2.45, 2.75) is 6.92 Å². The van der Waals surface area contributed by atoms with Gasteiger partial charge >= 0.3 is 0 Å². The summed E-state index contributed by atoms with van der Waals surface area (Å²) in [6.07, 6.45) is 0. The van der Waals surface area contributed by atoms with Crippen molar-refractivity contribution in [3.05, 3.63) is 72.3 Å². The molecule has 0 fully saturated rings. The Hall–Kier alpha value is -2.80. The fraction of sp³-hybridized carbons (Fsp3) is 0.0476. The van der Waals surface area contributed by atoms with E-state index in [1.807, 2.05) is 0 Å². The van der Waals surface area contributed by atoms with Crippen LogP contribution in [0.4, 0.5) is 0 Å². The van der Waals surface area contributed by atoms with Gasteiger partial charge in [-0.2, -0.15) is 0 Å². The molecule has 0 aliphatic heterocycles. The normalized spacial score (nSPS) is 11.9. The third kappa shape index (κ3) is 1.38. The van der Waals surface area contributed by atoms with Gasteiger partial charge in [-0.15, -0.1) is 0 Å². The van der Waals surface area contributed by atoms with Crippen LogP contribution in [0.2, 0.25) is 0 Å². The third-order valence-corrected chi connectivity index (χ3v) is 4.72. The first-order valence-corrected chi connectivity index (χ1v) is 7.65.